The molecule has 0 aromatic rings. The monoisotopic (exact) mass is 216 g/mol. The second kappa shape index (κ2) is 4.86. The van der Waals surface area contributed by atoms with E-state index in [1.165, 1.54) is 12.3 Å². The normalized spacial score (nSPS) is 30.6. The van der Waals surface area contributed by atoms with Crippen LogP contribution in [0.1, 0.15) is 27.7 Å². The van der Waals surface area contributed by atoms with Gasteiger partial charge in [0.2, 0.25) is 0 Å². The zero-order valence-corrected chi connectivity index (χ0v) is 10.9. The van der Waals surface area contributed by atoms with Gasteiger partial charge in [-0.1, -0.05) is 6.92 Å². The lowest BCUT2D eigenvalue weighted by Gasteiger charge is -2.41. The van der Waals surface area contributed by atoms with Gasteiger partial charge in [-0.15, -0.1) is 0 Å². The van der Waals surface area contributed by atoms with Crippen LogP contribution in [0.15, 0.2) is 0 Å². The number of nitrogens with zero attached hydrogens (tertiary/aromatic N) is 1. The lowest BCUT2D eigenvalue weighted by Crippen LogP contribution is -2.54. The standard InChI is InChI=1S/C11H24N2S/c1-9-10(2)14-7-6-13(9)8-11(3,4)12-5/h9-10,12H,6-8H2,1-5H3. The summed E-state index contributed by atoms with van der Waals surface area (Å²) < 4.78 is 0. The van der Waals surface area contributed by atoms with Gasteiger partial charge in [0, 0.05) is 35.7 Å². The van der Waals surface area contributed by atoms with Gasteiger partial charge in [-0.2, -0.15) is 11.8 Å². The van der Waals surface area contributed by atoms with Crippen LogP contribution < -0.4 is 5.32 Å². The molecule has 2 atom stereocenters. The van der Waals surface area contributed by atoms with Crippen molar-refractivity contribution in [1.29, 1.82) is 0 Å². The maximum absolute atomic E-state index is 3.38. The van der Waals surface area contributed by atoms with E-state index < -0.39 is 0 Å². The Morgan fingerprint density at radius 1 is 1.43 bits per heavy atom. The topological polar surface area (TPSA) is 15.3 Å². The zero-order chi connectivity index (χ0) is 10.8. The summed E-state index contributed by atoms with van der Waals surface area (Å²) in [6.07, 6.45) is 0. The summed E-state index contributed by atoms with van der Waals surface area (Å²) >= 11 is 2.10. The second-order valence-electron chi connectivity index (χ2n) is 4.92. The molecular formula is C11H24N2S. The number of rotatable bonds is 3. The van der Waals surface area contributed by atoms with E-state index in [-0.39, 0.29) is 5.54 Å². The quantitative estimate of drug-likeness (QED) is 0.774. The average molecular weight is 216 g/mol. The number of thioether (sulfide) groups is 1. The molecule has 0 aliphatic carbocycles. The van der Waals surface area contributed by atoms with Crippen LogP contribution in [0.3, 0.4) is 0 Å². The minimum absolute atomic E-state index is 0.232. The van der Waals surface area contributed by atoms with E-state index >= 15 is 0 Å². The highest BCUT2D eigenvalue weighted by Crippen LogP contribution is 2.25. The molecule has 0 bridgehead atoms. The van der Waals surface area contributed by atoms with Gasteiger partial charge in [0.1, 0.15) is 0 Å². The van der Waals surface area contributed by atoms with Gasteiger partial charge in [0.05, 0.1) is 0 Å². The van der Waals surface area contributed by atoms with Crippen molar-refractivity contribution in [2.24, 2.45) is 0 Å². The third kappa shape index (κ3) is 3.14. The van der Waals surface area contributed by atoms with Crippen molar-refractivity contribution in [3.63, 3.8) is 0 Å². The van der Waals surface area contributed by atoms with Crippen LogP contribution in [0.25, 0.3) is 0 Å². The van der Waals surface area contributed by atoms with Crippen LogP contribution in [0.4, 0.5) is 0 Å². The molecule has 0 amide bonds. The summed E-state index contributed by atoms with van der Waals surface area (Å²) in [4.78, 5) is 2.61. The molecule has 0 radical (unpaired) electrons. The fraction of sp³-hybridized carbons (Fsp3) is 1.00. The first-order valence-electron chi connectivity index (χ1n) is 5.51. The van der Waals surface area contributed by atoms with Crippen LogP contribution in [0.5, 0.6) is 0 Å². The molecule has 0 spiro atoms. The predicted molar refractivity (Wildman–Crippen MR) is 66.1 cm³/mol. The van der Waals surface area contributed by atoms with Gasteiger partial charge in [-0.25, -0.2) is 0 Å². The smallest absolute Gasteiger partial charge is 0.0249 e. The summed E-state index contributed by atoms with van der Waals surface area (Å²) in [6.45, 7) is 11.6. The van der Waals surface area contributed by atoms with Gasteiger partial charge in [0.15, 0.2) is 0 Å². The lowest BCUT2D eigenvalue weighted by atomic mass is 10.0. The molecule has 1 heterocycles. The van der Waals surface area contributed by atoms with Crippen molar-refractivity contribution in [1.82, 2.24) is 10.2 Å². The molecule has 1 rings (SSSR count). The predicted octanol–water partition coefficient (Wildman–Crippen LogP) is 1.81. The van der Waals surface area contributed by atoms with Gasteiger partial charge >= 0.3 is 0 Å². The maximum Gasteiger partial charge on any atom is 0.0249 e. The van der Waals surface area contributed by atoms with E-state index in [9.17, 15) is 0 Å². The molecule has 0 aromatic carbocycles. The number of hydrogen-bond acceptors (Lipinski definition) is 3. The second-order valence-corrected chi connectivity index (χ2v) is 6.41. The Morgan fingerprint density at radius 2 is 2.07 bits per heavy atom. The molecule has 1 fully saturated rings. The molecule has 1 aliphatic rings. The number of nitrogens with one attached hydrogen (secondary N) is 1. The van der Waals surface area contributed by atoms with Gasteiger partial charge in [0.25, 0.3) is 0 Å². The molecular weight excluding hydrogens is 192 g/mol. The average Bonchev–Trinajstić information content (AvgIpc) is 2.13. The third-order valence-electron chi connectivity index (χ3n) is 3.29. The molecule has 0 aromatic heterocycles. The Bertz CT molecular complexity index is 182. The summed E-state index contributed by atoms with van der Waals surface area (Å²) in [5, 5.41) is 4.15. The Labute approximate surface area is 92.8 Å². The van der Waals surface area contributed by atoms with Crippen molar-refractivity contribution in [3.05, 3.63) is 0 Å². The molecule has 3 heteroatoms. The lowest BCUT2D eigenvalue weighted by molar-refractivity contribution is 0.163. The highest BCUT2D eigenvalue weighted by atomic mass is 32.2. The summed E-state index contributed by atoms with van der Waals surface area (Å²) in [5.41, 5.74) is 0.232. The fourth-order valence-electron chi connectivity index (χ4n) is 1.81. The van der Waals surface area contributed by atoms with Crippen LogP contribution in [-0.4, -0.2) is 47.6 Å². The molecule has 0 saturated carbocycles. The van der Waals surface area contributed by atoms with Gasteiger partial charge in [-0.3, -0.25) is 4.90 Å². The van der Waals surface area contributed by atoms with Crippen molar-refractivity contribution in [2.45, 2.75) is 44.5 Å². The SMILES string of the molecule is CNC(C)(C)CN1CCSC(C)C1C. The van der Waals surface area contributed by atoms with E-state index in [1.807, 2.05) is 7.05 Å². The minimum Gasteiger partial charge on any atom is -0.314 e. The Kier molecular flexibility index (Phi) is 4.29. The molecule has 2 nitrogen and oxygen atoms in total. The summed E-state index contributed by atoms with van der Waals surface area (Å²) in [7, 11) is 2.05. The Hall–Kier alpha value is 0.270. The fourth-order valence-corrected chi connectivity index (χ4v) is 2.97. The number of hydrogen-bond donors (Lipinski definition) is 1. The highest BCUT2D eigenvalue weighted by Gasteiger charge is 2.29. The first-order valence-corrected chi connectivity index (χ1v) is 6.56. The van der Waals surface area contributed by atoms with E-state index in [0.717, 1.165) is 11.8 Å². The van der Waals surface area contributed by atoms with Crippen LogP contribution in [0, 0.1) is 0 Å². The van der Waals surface area contributed by atoms with Crippen LogP contribution in [0.2, 0.25) is 0 Å². The van der Waals surface area contributed by atoms with E-state index in [4.69, 9.17) is 0 Å². The van der Waals surface area contributed by atoms with Crippen LogP contribution >= 0.6 is 11.8 Å². The first-order chi connectivity index (χ1) is 6.46. The highest BCUT2D eigenvalue weighted by molar-refractivity contribution is 8.00. The van der Waals surface area contributed by atoms with Crippen molar-refractivity contribution < 1.29 is 0 Å². The van der Waals surface area contributed by atoms with Crippen LogP contribution in [-0.2, 0) is 0 Å². The van der Waals surface area contributed by atoms with Gasteiger partial charge in [-0.05, 0) is 27.8 Å². The van der Waals surface area contributed by atoms with E-state index in [2.05, 4.69) is 49.7 Å². The zero-order valence-electron chi connectivity index (χ0n) is 10.1. The largest absolute Gasteiger partial charge is 0.314 e. The van der Waals surface area contributed by atoms with E-state index in [0.29, 0.717) is 6.04 Å². The summed E-state index contributed by atoms with van der Waals surface area (Å²) in [6, 6.07) is 0.710. The maximum atomic E-state index is 3.38. The molecule has 1 aliphatic heterocycles. The molecule has 14 heavy (non-hydrogen) atoms. The molecule has 84 valence electrons. The van der Waals surface area contributed by atoms with Crippen molar-refractivity contribution in [3.8, 4) is 0 Å². The van der Waals surface area contributed by atoms with E-state index in [1.54, 1.807) is 0 Å². The molecule has 1 N–H and O–H groups in total. The third-order valence-corrected chi connectivity index (χ3v) is 4.63. The van der Waals surface area contributed by atoms with Crippen molar-refractivity contribution >= 4 is 11.8 Å². The van der Waals surface area contributed by atoms with Crippen molar-refractivity contribution in [2.75, 3.05) is 25.9 Å². The summed E-state index contributed by atoms with van der Waals surface area (Å²) in [5.74, 6) is 1.28. The minimum atomic E-state index is 0.232. The number of likely N-dealkylation sites (N-methyl/N-ethyl adjacent to an activating group) is 1. The first kappa shape index (κ1) is 12.3. The molecule has 2 unspecified atom stereocenters. The Morgan fingerprint density at radius 3 is 2.64 bits per heavy atom. The Balaban J connectivity index is 2.51. The van der Waals surface area contributed by atoms with Gasteiger partial charge < -0.3 is 5.32 Å². The molecule has 1 saturated heterocycles.